The highest BCUT2D eigenvalue weighted by Gasteiger charge is 2.20. The van der Waals surface area contributed by atoms with Crippen LogP contribution in [0.4, 0.5) is 11.4 Å². The lowest BCUT2D eigenvalue weighted by molar-refractivity contribution is -0.118. The Kier molecular flexibility index (Phi) is 4.99. The lowest BCUT2D eigenvalue weighted by Crippen LogP contribution is -2.25. The van der Waals surface area contributed by atoms with Gasteiger partial charge in [0.1, 0.15) is 16.4 Å². The third-order valence-electron chi connectivity index (χ3n) is 4.13. The molecule has 0 saturated heterocycles. The molecular weight excluding hydrogens is 376 g/mol. The van der Waals surface area contributed by atoms with E-state index in [1.807, 2.05) is 43.3 Å². The predicted molar refractivity (Wildman–Crippen MR) is 109 cm³/mol. The number of rotatable bonds is 5. The van der Waals surface area contributed by atoms with Gasteiger partial charge < -0.3 is 20.1 Å². The third-order valence-corrected chi connectivity index (χ3v) is 5.30. The van der Waals surface area contributed by atoms with Gasteiger partial charge in [0.05, 0.1) is 12.3 Å². The first-order chi connectivity index (χ1) is 13.6. The first-order valence-electron chi connectivity index (χ1n) is 8.84. The molecule has 1 aliphatic heterocycles. The SMILES string of the molecule is CCOc1cc(-c2ccccc2)sc1C(=O)Nc1ccc2c(c1)NC(=O)CO2. The molecule has 3 aromatic rings. The van der Waals surface area contributed by atoms with Crippen LogP contribution in [0.15, 0.2) is 54.6 Å². The number of anilines is 2. The number of fused-ring (bicyclic) bond motifs is 1. The van der Waals surface area contributed by atoms with Crippen molar-refractivity contribution in [2.45, 2.75) is 6.92 Å². The van der Waals surface area contributed by atoms with E-state index < -0.39 is 0 Å². The molecule has 0 atom stereocenters. The van der Waals surface area contributed by atoms with Gasteiger partial charge in [0.15, 0.2) is 6.61 Å². The van der Waals surface area contributed by atoms with Crippen LogP contribution in [0.2, 0.25) is 0 Å². The number of amides is 2. The van der Waals surface area contributed by atoms with Crippen LogP contribution in [0.3, 0.4) is 0 Å². The van der Waals surface area contributed by atoms with Gasteiger partial charge in [0.2, 0.25) is 0 Å². The molecule has 0 bridgehead atoms. The summed E-state index contributed by atoms with van der Waals surface area (Å²) < 4.78 is 11.0. The number of hydrogen-bond acceptors (Lipinski definition) is 5. The number of carbonyl (C=O) groups is 2. The lowest BCUT2D eigenvalue weighted by atomic mass is 10.2. The summed E-state index contributed by atoms with van der Waals surface area (Å²) in [4.78, 5) is 25.8. The molecule has 2 aromatic carbocycles. The quantitative estimate of drug-likeness (QED) is 0.673. The normalized spacial score (nSPS) is 12.5. The fourth-order valence-corrected chi connectivity index (χ4v) is 3.89. The van der Waals surface area contributed by atoms with Gasteiger partial charge in [0, 0.05) is 10.6 Å². The van der Waals surface area contributed by atoms with E-state index in [0.29, 0.717) is 34.4 Å². The Bertz CT molecular complexity index is 1030. The van der Waals surface area contributed by atoms with Crippen LogP contribution in [0.5, 0.6) is 11.5 Å². The molecule has 0 fully saturated rings. The lowest BCUT2D eigenvalue weighted by Gasteiger charge is -2.18. The standard InChI is InChI=1S/C21H18N2O4S/c1-2-26-17-11-18(13-6-4-3-5-7-13)28-20(17)21(25)22-14-8-9-16-15(10-14)23-19(24)12-27-16/h3-11H,2,12H2,1H3,(H,22,25)(H,23,24). The van der Waals surface area contributed by atoms with Crippen LogP contribution >= 0.6 is 11.3 Å². The molecule has 2 N–H and O–H groups in total. The van der Waals surface area contributed by atoms with E-state index in [0.717, 1.165) is 10.4 Å². The van der Waals surface area contributed by atoms with E-state index in [1.54, 1.807) is 18.2 Å². The van der Waals surface area contributed by atoms with Crippen LogP contribution in [-0.2, 0) is 4.79 Å². The minimum atomic E-state index is -0.265. The van der Waals surface area contributed by atoms with E-state index in [-0.39, 0.29) is 18.4 Å². The highest BCUT2D eigenvalue weighted by atomic mass is 32.1. The molecule has 2 heterocycles. The van der Waals surface area contributed by atoms with Gasteiger partial charge in [-0.25, -0.2) is 0 Å². The van der Waals surface area contributed by atoms with Gasteiger partial charge in [-0.3, -0.25) is 9.59 Å². The Balaban J connectivity index is 1.60. The summed E-state index contributed by atoms with van der Waals surface area (Å²) in [6.07, 6.45) is 0. The molecule has 6 nitrogen and oxygen atoms in total. The molecule has 0 spiro atoms. The van der Waals surface area contributed by atoms with E-state index >= 15 is 0 Å². The topological polar surface area (TPSA) is 76.7 Å². The first-order valence-corrected chi connectivity index (χ1v) is 9.66. The van der Waals surface area contributed by atoms with E-state index in [9.17, 15) is 9.59 Å². The van der Waals surface area contributed by atoms with Gasteiger partial charge >= 0.3 is 0 Å². The fourth-order valence-electron chi connectivity index (χ4n) is 2.89. The zero-order valence-corrected chi connectivity index (χ0v) is 16.0. The second-order valence-electron chi connectivity index (χ2n) is 6.10. The Hall–Kier alpha value is -3.32. The van der Waals surface area contributed by atoms with Crippen molar-refractivity contribution in [1.29, 1.82) is 0 Å². The summed E-state index contributed by atoms with van der Waals surface area (Å²) in [5.41, 5.74) is 2.13. The van der Waals surface area contributed by atoms with Crippen LogP contribution in [-0.4, -0.2) is 25.0 Å². The van der Waals surface area contributed by atoms with Crippen molar-refractivity contribution in [3.8, 4) is 21.9 Å². The van der Waals surface area contributed by atoms with Crippen molar-refractivity contribution in [3.05, 3.63) is 59.5 Å². The van der Waals surface area contributed by atoms with Crippen LogP contribution < -0.4 is 20.1 Å². The van der Waals surface area contributed by atoms with Crippen LogP contribution in [0.25, 0.3) is 10.4 Å². The van der Waals surface area contributed by atoms with Gasteiger partial charge in [0.25, 0.3) is 11.8 Å². The Labute approximate surface area is 166 Å². The summed E-state index contributed by atoms with van der Waals surface area (Å²) >= 11 is 1.38. The van der Waals surface area contributed by atoms with Crippen molar-refractivity contribution in [1.82, 2.24) is 0 Å². The summed E-state index contributed by atoms with van der Waals surface area (Å²) in [7, 11) is 0. The number of carbonyl (C=O) groups excluding carboxylic acids is 2. The molecule has 2 amide bonds. The second-order valence-corrected chi connectivity index (χ2v) is 7.16. The highest BCUT2D eigenvalue weighted by molar-refractivity contribution is 7.17. The minimum absolute atomic E-state index is 0.00607. The summed E-state index contributed by atoms with van der Waals surface area (Å²) in [5, 5.41) is 5.60. The van der Waals surface area contributed by atoms with Crippen molar-refractivity contribution in [2.24, 2.45) is 0 Å². The zero-order valence-electron chi connectivity index (χ0n) is 15.2. The molecule has 7 heteroatoms. The Morgan fingerprint density at radius 2 is 2.04 bits per heavy atom. The molecule has 4 rings (SSSR count). The van der Waals surface area contributed by atoms with Gasteiger partial charge in [-0.05, 0) is 36.8 Å². The van der Waals surface area contributed by atoms with Crippen LogP contribution in [0, 0.1) is 0 Å². The Morgan fingerprint density at radius 1 is 1.21 bits per heavy atom. The first kappa shape index (κ1) is 18.1. The summed E-state index contributed by atoms with van der Waals surface area (Å²) in [5.74, 6) is 0.646. The molecule has 0 unspecified atom stereocenters. The highest BCUT2D eigenvalue weighted by Crippen LogP contribution is 2.37. The van der Waals surface area contributed by atoms with Gasteiger partial charge in [-0.15, -0.1) is 11.3 Å². The number of ether oxygens (including phenoxy) is 2. The van der Waals surface area contributed by atoms with E-state index in [1.165, 1.54) is 11.3 Å². The summed E-state index contributed by atoms with van der Waals surface area (Å²) in [6.45, 7) is 2.34. The monoisotopic (exact) mass is 394 g/mol. The molecule has 0 aliphatic carbocycles. The van der Waals surface area contributed by atoms with Crippen molar-refractivity contribution in [3.63, 3.8) is 0 Å². The Morgan fingerprint density at radius 3 is 2.82 bits per heavy atom. The maximum Gasteiger partial charge on any atom is 0.269 e. The van der Waals surface area contributed by atoms with Crippen molar-refractivity contribution >= 4 is 34.5 Å². The summed E-state index contributed by atoms with van der Waals surface area (Å²) in [6, 6.07) is 16.9. The van der Waals surface area contributed by atoms with Crippen molar-refractivity contribution in [2.75, 3.05) is 23.8 Å². The molecule has 0 radical (unpaired) electrons. The van der Waals surface area contributed by atoms with E-state index in [2.05, 4.69) is 10.6 Å². The smallest absolute Gasteiger partial charge is 0.269 e. The maximum absolute atomic E-state index is 12.9. The maximum atomic E-state index is 12.9. The number of benzene rings is 2. The predicted octanol–water partition coefficient (Wildman–Crippen LogP) is 4.40. The largest absolute Gasteiger partial charge is 0.492 e. The number of nitrogens with one attached hydrogen (secondary N) is 2. The van der Waals surface area contributed by atoms with Gasteiger partial charge in [-0.1, -0.05) is 30.3 Å². The average molecular weight is 394 g/mol. The molecule has 0 saturated carbocycles. The minimum Gasteiger partial charge on any atom is -0.492 e. The molecule has 28 heavy (non-hydrogen) atoms. The zero-order chi connectivity index (χ0) is 19.5. The second kappa shape index (κ2) is 7.74. The molecule has 142 valence electrons. The van der Waals surface area contributed by atoms with Crippen LogP contribution in [0.1, 0.15) is 16.6 Å². The fraction of sp³-hybridized carbons (Fsp3) is 0.143. The molecule has 1 aromatic heterocycles. The molecular formula is C21H18N2O4S. The number of hydrogen-bond donors (Lipinski definition) is 2. The molecule has 1 aliphatic rings. The average Bonchev–Trinajstić information content (AvgIpc) is 3.13. The number of thiophene rings is 1. The van der Waals surface area contributed by atoms with Crippen molar-refractivity contribution < 1.29 is 19.1 Å². The van der Waals surface area contributed by atoms with Gasteiger partial charge in [-0.2, -0.15) is 0 Å². The third kappa shape index (κ3) is 3.70. The van der Waals surface area contributed by atoms with E-state index in [4.69, 9.17) is 9.47 Å².